The fourth-order valence-corrected chi connectivity index (χ4v) is 0.719. The summed E-state index contributed by atoms with van der Waals surface area (Å²) in [4.78, 5) is 0. The summed E-state index contributed by atoms with van der Waals surface area (Å²) in [7, 11) is -2.04. The van der Waals surface area contributed by atoms with E-state index in [-0.39, 0.29) is 5.92 Å². The van der Waals surface area contributed by atoms with Crippen molar-refractivity contribution in [1.82, 2.24) is 0 Å². The van der Waals surface area contributed by atoms with Gasteiger partial charge in [-0.05, 0) is 12.8 Å². The van der Waals surface area contributed by atoms with Gasteiger partial charge in [0.15, 0.2) is 5.69 Å². The molecule has 0 aliphatic heterocycles. The molecule has 0 aromatic heterocycles. The van der Waals surface area contributed by atoms with Crippen LogP contribution in [0.4, 0.5) is 0 Å². The molecule has 4 nitrogen and oxygen atoms in total. The molecule has 1 rings (SSSR count). The predicted octanol–water partition coefficient (Wildman–Crippen LogP) is -1.91. The van der Waals surface area contributed by atoms with Gasteiger partial charge in [0.05, 0.1) is 0 Å². The Labute approximate surface area is 52.9 Å². The van der Waals surface area contributed by atoms with Crippen LogP contribution in [0.1, 0.15) is 12.8 Å². The number of aliphatic hydroxyl groups is 2. The van der Waals surface area contributed by atoms with Gasteiger partial charge < -0.3 is 20.3 Å². The van der Waals surface area contributed by atoms with E-state index in [0.717, 1.165) is 0 Å². The summed E-state index contributed by atoms with van der Waals surface area (Å²) in [5.41, 5.74) is -2.28. The van der Waals surface area contributed by atoms with Gasteiger partial charge in [-0.1, -0.05) is 0 Å². The molecular formula is C4H9BO4. The molecule has 1 saturated carbocycles. The van der Waals surface area contributed by atoms with Gasteiger partial charge in [0.25, 0.3) is 0 Å². The molecule has 1 fully saturated rings. The lowest BCUT2D eigenvalue weighted by atomic mass is 9.75. The highest BCUT2D eigenvalue weighted by Gasteiger charge is 2.50. The molecule has 4 N–H and O–H groups in total. The standard InChI is InChI=1S/C4H9BO4/c6-4(7,5(8)9)3-1-2-3/h3,6-9H,1-2H2. The van der Waals surface area contributed by atoms with Crippen LogP contribution in [0.25, 0.3) is 0 Å². The van der Waals surface area contributed by atoms with Gasteiger partial charge in [0.2, 0.25) is 0 Å². The fourth-order valence-electron chi connectivity index (χ4n) is 0.719. The molecule has 0 saturated heterocycles. The highest BCUT2D eigenvalue weighted by Crippen LogP contribution is 2.38. The zero-order chi connectivity index (χ0) is 7.07. The van der Waals surface area contributed by atoms with Gasteiger partial charge in [-0.25, -0.2) is 0 Å². The van der Waals surface area contributed by atoms with Crippen molar-refractivity contribution in [2.45, 2.75) is 18.5 Å². The summed E-state index contributed by atoms with van der Waals surface area (Å²) in [6.45, 7) is 0. The first kappa shape index (κ1) is 7.02. The van der Waals surface area contributed by atoms with Gasteiger partial charge in [0, 0.05) is 5.92 Å². The normalized spacial score (nSPS) is 20.0. The maximum Gasteiger partial charge on any atom is 0.515 e. The van der Waals surface area contributed by atoms with Crippen LogP contribution in [0.15, 0.2) is 0 Å². The first-order valence-corrected chi connectivity index (χ1v) is 2.86. The number of hydrogen-bond donors (Lipinski definition) is 4. The third kappa shape index (κ3) is 1.24. The van der Waals surface area contributed by atoms with E-state index < -0.39 is 12.8 Å². The minimum absolute atomic E-state index is 0.350. The van der Waals surface area contributed by atoms with Crippen LogP contribution in [0, 0.1) is 5.92 Å². The van der Waals surface area contributed by atoms with E-state index in [1.807, 2.05) is 0 Å². The molecule has 9 heavy (non-hydrogen) atoms. The van der Waals surface area contributed by atoms with Crippen LogP contribution >= 0.6 is 0 Å². The van der Waals surface area contributed by atoms with Gasteiger partial charge in [-0.2, -0.15) is 0 Å². The zero-order valence-electron chi connectivity index (χ0n) is 4.86. The molecule has 52 valence electrons. The lowest BCUT2D eigenvalue weighted by Crippen LogP contribution is -2.48. The van der Waals surface area contributed by atoms with Crippen molar-refractivity contribution >= 4 is 7.12 Å². The van der Waals surface area contributed by atoms with Crippen molar-refractivity contribution in [1.29, 1.82) is 0 Å². The van der Waals surface area contributed by atoms with E-state index in [1.54, 1.807) is 0 Å². The molecule has 0 atom stereocenters. The zero-order valence-corrected chi connectivity index (χ0v) is 4.86. The Morgan fingerprint density at radius 3 is 1.78 bits per heavy atom. The van der Waals surface area contributed by atoms with Crippen molar-refractivity contribution in [2.24, 2.45) is 5.92 Å². The molecule has 0 bridgehead atoms. The van der Waals surface area contributed by atoms with Crippen LogP contribution in [0.3, 0.4) is 0 Å². The van der Waals surface area contributed by atoms with Crippen LogP contribution < -0.4 is 0 Å². The lowest BCUT2D eigenvalue weighted by Gasteiger charge is -2.18. The van der Waals surface area contributed by atoms with E-state index in [2.05, 4.69) is 0 Å². The molecule has 5 heteroatoms. The largest absolute Gasteiger partial charge is 0.515 e. The molecular weight excluding hydrogens is 123 g/mol. The summed E-state index contributed by atoms with van der Waals surface area (Å²) in [5, 5.41) is 34.3. The van der Waals surface area contributed by atoms with Crippen molar-refractivity contribution in [3.05, 3.63) is 0 Å². The summed E-state index contributed by atoms with van der Waals surface area (Å²) in [6, 6.07) is 0. The minimum Gasteiger partial charge on any atom is -0.424 e. The molecule has 0 aromatic carbocycles. The Morgan fingerprint density at radius 1 is 1.22 bits per heavy atom. The monoisotopic (exact) mass is 132 g/mol. The van der Waals surface area contributed by atoms with E-state index >= 15 is 0 Å². The molecule has 0 unspecified atom stereocenters. The highest BCUT2D eigenvalue weighted by atomic mass is 16.5. The second kappa shape index (κ2) is 1.95. The first-order chi connectivity index (χ1) is 4.05. The highest BCUT2D eigenvalue weighted by molar-refractivity contribution is 6.44. The first-order valence-electron chi connectivity index (χ1n) is 2.86. The Hall–Kier alpha value is -0.0951. The van der Waals surface area contributed by atoms with E-state index in [9.17, 15) is 0 Å². The molecule has 1 aliphatic carbocycles. The molecule has 0 radical (unpaired) electrons. The van der Waals surface area contributed by atoms with Gasteiger partial charge in [-0.3, -0.25) is 0 Å². The van der Waals surface area contributed by atoms with Crippen LogP contribution in [-0.4, -0.2) is 33.1 Å². The Balaban J connectivity index is 2.48. The van der Waals surface area contributed by atoms with Gasteiger partial charge >= 0.3 is 7.12 Å². The van der Waals surface area contributed by atoms with Crippen molar-refractivity contribution < 1.29 is 20.3 Å². The molecule has 1 aliphatic rings. The Kier molecular flexibility index (Phi) is 1.52. The average molecular weight is 132 g/mol. The quantitative estimate of drug-likeness (QED) is 0.261. The Morgan fingerprint density at radius 2 is 1.67 bits per heavy atom. The topological polar surface area (TPSA) is 80.9 Å². The average Bonchev–Trinajstić information content (AvgIpc) is 2.42. The minimum atomic E-state index is -2.28. The smallest absolute Gasteiger partial charge is 0.424 e. The van der Waals surface area contributed by atoms with Gasteiger partial charge in [0.1, 0.15) is 0 Å². The predicted molar refractivity (Wildman–Crippen MR) is 30.1 cm³/mol. The Bertz CT molecular complexity index is 105. The van der Waals surface area contributed by atoms with Crippen LogP contribution in [-0.2, 0) is 0 Å². The lowest BCUT2D eigenvalue weighted by molar-refractivity contribution is -0.128. The van der Waals surface area contributed by atoms with Crippen LogP contribution in [0.2, 0.25) is 0 Å². The third-order valence-electron chi connectivity index (χ3n) is 1.56. The fraction of sp³-hybridized carbons (Fsp3) is 1.00. The maximum atomic E-state index is 8.79. The van der Waals surface area contributed by atoms with Crippen molar-refractivity contribution in [3.63, 3.8) is 0 Å². The second-order valence-electron chi connectivity index (χ2n) is 2.43. The molecule has 0 heterocycles. The second-order valence-corrected chi connectivity index (χ2v) is 2.43. The van der Waals surface area contributed by atoms with E-state index in [4.69, 9.17) is 20.3 Å². The molecule has 0 spiro atoms. The maximum absolute atomic E-state index is 8.79. The van der Waals surface area contributed by atoms with E-state index in [0.29, 0.717) is 12.8 Å². The molecule has 0 amide bonds. The van der Waals surface area contributed by atoms with Gasteiger partial charge in [-0.15, -0.1) is 0 Å². The van der Waals surface area contributed by atoms with E-state index in [1.165, 1.54) is 0 Å². The third-order valence-corrected chi connectivity index (χ3v) is 1.56. The SMILES string of the molecule is OB(O)C(O)(O)C1CC1. The number of hydrogen-bond acceptors (Lipinski definition) is 4. The summed E-state index contributed by atoms with van der Waals surface area (Å²) < 4.78 is 0. The number of rotatable bonds is 2. The van der Waals surface area contributed by atoms with Crippen molar-refractivity contribution in [3.8, 4) is 0 Å². The summed E-state index contributed by atoms with van der Waals surface area (Å²) >= 11 is 0. The molecule has 0 aromatic rings. The summed E-state index contributed by atoms with van der Waals surface area (Å²) in [6.07, 6.45) is 1.31. The van der Waals surface area contributed by atoms with Crippen LogP contribution in [0.5, 0.6) is 0 Å². The summed E-state index contributed by atoms with van der Waals surface area (Å²) in [5.74, 6) is -0.350. The van der Waals surface area contributed by atoms with Crippen molar-refractivity contribution in [2.75, 3.05) is 0 Å².